The Kier molecular flexibility index (Phi) is 6.85. The van der Waals surface area contributed by atoms with E-state index in [9.17, 15) is 4.79 Å². The highest BCUT2D eigenvalue weighted by molar-refractivity contribution is 5.92. The van der Waals surface area contributed by atoms with Crippen molar-refractivity contribution >= 4 is 11.6 Å². The minimum atomic E-state index is -0.124. The molecule has 4 nitrogen and oxygen atoms in total. The topological polar surface area (TPSA) is 58.4 Å². The normalized spacial score (nSPS) is 14.0. The van der Waals surface area contributed by atoms with Crippen molar-refractivity contribution in [3.63, 3.8) is 0 Å². The molecule has 3 N–H and O–H groups in total. The number of carbonyl (C=O) groups excluding carboxylic acids is 1. The number of benzene rings is 1. The van der Waals surface area contributed by atoms with Gasteiger partial charge in [0.05, 0.1) is 6.54 Å². The lowest BCUT2D eigenvalue weighted by Gasteiger charge is -2.39. The SMILES string of the molecule is CCCN(CC(=O)Nc1ccc(C)cc1)C(C)(CC)CN. The molecule has 0 aliphatic rings. The molecule has 0 aromatic heterocycles. The van der Waals surface area contributed by atoms with Gasteiger partial charge in [0.25, 0.3) is 0 Å². The molecule has 0 bridgehead atoms. The first kappa shape index (κ1) is 17.7. The quantitative estimate of drug-likeness (QED) is 0.774. The molecule has 0 saturated heterocycles. The molecule has 0 heterocycles. The van der Waals surface area contributed by atoms with Crippen molar-refractivity contribution < 1.29 is 4.79 Å². The Bertz CT molecular complexity index is 438. The molecule has 0 aliphatic heterocycles. The van der Waals surface area contributed by atoms with Gasteiger partial charge in [-0.1, -0.05) is 31.5 Å². The van der Waals surface area contributed by atoms with Gasteiger partial charge < -0.3 is 11.1 Å². The number of aryl methyl sites for hydroxylation is 1. The van der Waals surface area contributed by atoms with Gasteiger partial charge in [-0.15, -0.1) is 0 Å². The maximum Gasteiger partial charge on any atom is 0.238 e. The third kappa shape index (κ3) is 5.14. The number of hydrogen-bond donors (Lipinski definition) is 2. The Balaban J connectivity index is 2.70. The summed E-state index contributed by atoms with van der Waals surface area (Å²) in [5.41, 5.74) is 7.82. The number of carbonyl (C=O) groups is 1. The molecular formula is C17H29N3O. The van der Waals surface area contributed by atoms with E-state index in [1.165, 1.54) is 5.56 Å². The Morgan fingerprint density at radius 2 is 1.90 bits per heavy atom. The first-order valence-electron chi connectivity index (χ1n) is 7.76. The largest absolute Gasteiger partial charge is 0.329 e. The minimum absolute atomic E-state index is 0.0143. The number of hydrogen-bond acceptors (Lipinski definition) is 3. The van der Waals surface area contributed by atoms with Crippen LogP contribution in [0.3, 0.4) is 0 Å². The van der Waals surface area contributed by atoms with Crippen LogP contribution in [0.1, 0.15) is 39.2 Å². The molecule has 0 saturated carbocycles. The zero-order valence-electron chi connectivity index (χ0n) is 13.8. The lowest BCUT2D eigenvalue weighted by molar-refractivity contribution is -0.118. The van der Waals surface area contributed by atoms with Crippen LogP contribution in [0.5, 0.6) is 0 Å². The lowest BCUT2D eigenvalue weighted by Crippen LogP contribution is -2.54. The van der Waals surface area contributed by atoms with E-state index in [0.29, 0.717) is 13.1 Å². The van der Waals surface area contributed by atoms with E-state index < -0.39 is 0 Å². The second-order valence-electron chi connectivity index (χ2n) is 5.89. The van der Waals surface area contributed by atoms with Gasteiger partial charge in [-0.3, -0.25) is 9.69 Å². The lowest BCUT2D eigenvalue weighted by atomic mass is 9.96. The highest BCUT2D eigenvalue weighted by atomic mass is 16.2. The molecule has 118 valence electrons. The fraction of sp³-hybridized carbons (Fsp3) is 0.588. The Labute approximate surface area is 128 Å². The van der Waals surface area contributed by atoms with Crippen molar-refractivity contribution in [1.29, 1.82) is 0 Å². The minimum Gasteiger partial charge on any atom is -0.329 e. The molecule has 1 unspecified atom stereocenters. The van der Waals surface area contributed by atoms with Gasteiger partial charge >= 0.3 is 0 Å². The summed E-state index contributed by atoms with van der Waals surface area (Å²) < 4.78 is 0. The molecule has 1 aromatic rings. The zero-order chi connectivity index (χ0) is 15.9. The van der Waals surface area contributed by atoms with E-state index in [0.717, 1.165) is 25.1 Å². The standard InChI is InChI=1S/C17H29N3O/c1-5-11-20(17(4,6-2)13-18)12-16(21)19-15-9-7-14(3)8-10-15/h7-10H,5-6,11-13,18H2,1-4H3,(H,19,21). The molecule has 1 atom stereocenters. The number of nitrogens with zero attached hydrogens (tertiary/aromatic N) is 1. The van der Waals surface area contributed by atoms with Crippen LogP contribution in [0.25, 0.3) is 0 Å². The van der Waals surface area contributed by atoms with Gasteiger partial charge in [0, 0.05) is 17.8 Å². The summed E-state index contributed by atoms with van der Waals surface area (Å²) in [5, 5.41) is 2.96. The predicted molar refractivity (Wildman–Crippen MR) is 89.4 cm³/mol. The zero-order valence-corrected chi connectivity index (χ0v) is 13.8. The van der Waals surface area contributed by atoms with Crippen LogP contribution in [-0.2, 0) is 4.79 Å². The number of rotatable bonds is 8. The van der Waals surface area contributed by atoms with Crippen LogP contribution in [0, 0.1) is 6.92 Å². The molecule has 0 aliphatic carbocycles. The Hall–Kier alpha value is -1.39. The summed E-state index contributed by atoms with van der Waals surface area (Å²) in [6, 6.07) is 7.85. The highest BCUT2D eigenvalue weighted by Crippen LogP contribution is 2.18. The Morgan fingerprint density at radius 1 is 1.29 bits per heavy atom. The molecule has 1 rings (SSSR count). The molecule has 4 heteroatoms. The van der Waals surface area contributed by atoms with Crippen LogP contribution in [0.4, 0.5) is 5.69 Å². The van der Waals surface area contributed by atoms with Crippen molar-refractivity contribution in [3.05, 3.63) is 29.8 Å². The summed E-state index contributed by atoms with van der Waals surface area (Å²) in [5.74, 6) is 0.0143. The fourth-order valence-corrected chi connectivity index (χ4v) is 2.32. The van der Waals surface area contributed by atoms with Crippen molar-refractivity contribution in [1.82, 2.24) is 4.90 Å². The first-order valence-corrected chi connectivity index (χ1v) is 7.76. The van der Waals surface area contributed by atoms with Crippen molar-refractivity contribution in [2.24, 2.45) is 5.73 Å². The number of nitrogens with one attached hydrogen (secondary N) is 1. The third-order valence-electron chi connectivity index (χ3n) is 4.13. The molecule has 0 fully saturated rings. The summed E-state index contributed by atoms with van der Waals surface area (Å²) >= 11 is 0. The van der Waals surface area contributed by atoms with E-state index in [-0.39, 0.29) is 11.4 Å². The van der Waals surface area contributed by atoms with Gasteiger partial charge in [-0.05, 0) is 45.4 Å². The van der Waals surface area contributed by atoms with E-state index in [2.05, 4.69) is 31.0 Å². The van der Waals surface area contributed by atoms with Crippen LogP contribution >= 0.6 is 0 Å². The third-order valence-corrected chi connectivity index (χ3v) is 4.13. The van der Waals surface area contributed by atoms with Gasteiger partial charge in [0.15, 0.2) is 0 Å². The predicted octanol–water partition coefficient (Wildman–Crippen LogP) is 2.77. The molecule has 1 amide bonds. The van der Waals surface area contributed by atoms with Gasteiger partial charge in [-0.25, -0.2) is 0 Å². The Morgan fingerprint density at radius 3 is 2.38 bits per heavy atom. The van der Waals surface area contributed by atoms with Crippen molar-refractivity contribution in [2.75, 3.05) is 25.0 Å². The molecule has 0 radical (unpaired) electrons. The first-order chi connectivity index (χ1) is 9.95. The van der Waals surface area contributed by atoms with Gasteiger partial charge in [0.2, 0.25) is 5.91 Å². The average Bonchev–Trinajstić information content (AvgIpc) is 2.48. The van der Waals surface area contributed by atoms with Crippen LogP contribution in [0.15, 0.2) is 24.3 Å². The monoisotopic (exact) mass is 291 g/mol. The van der Waals surface area contributed by atoms with E-state index >= 15 is 0 Å². The number of anilines is 1. The molecule has 21 heavy (non-hydrogen) atoms. The summed E-state index contributed by atoms with van der Waals surface area (Å²) in [6.07, 6.45) is 1.94. The number of amides is 1. The average molecular weight is 291 g/mol. The summed E-state index contributed by atoms with van der Waals surface area (Å²) in [6.45, 7) is 10.2. The summed E-state index contributed by atoms with van der Waals surface area (Å²) in [7, 11) is 0. The van der Waals surface area contributed by atoms with Crippen LogP contribution in [0.2, 0.25) is 0 Å². The summed E-state index contributed by atoms with van der Waals surface area (Å²) in [4.78, 5) is 14.5. The number of nitrogens with two attached hydrogens (primary N) is 1. The van der Waals surface area contributed by atoms with Crippen LogP contribution < -0.4 is 11.1 Å². The molecule has 1 aromatic carbocycles. The van der Waals surface area contributed by atoms with E-state index in [4.69, 9.17) is 5.73 Å². The fourth-order valence-electron chi connectivity index (χ4n) is 2.32. The second kappa shape index (κ2) is 8.15. The van der Waals surface area contributed by atoms with Gasteiger partial charge in [0.1, 0.15) is 0 Å². The maximum absolute atomic E-state index is 12.3. The molecular weight excluding hydrogens is 262 g/mol. The van der Waals surface area contributed by atoms with Gasteiger partial charge in [-0.2, -0.15) is 0 Å². The second-order valence-corrected chi connectivity index (χ2v) is 5.89. The smallest absolute Gasteiger partial charge is 0.238 e. The van der Waals surface area contributed by atoms with E-state index in [1.807, 2.05) is 31.2 Å². The van der Waals surface area contributed by atoms with Crippen molar-refractivity contribution in [3.8, 4) is 0 Å². The maximum atomic E-state index is 12.3. The van der Waals surface area contributed by atoms with Crippen LogP contribution in [-0.4, -0.2) is 36.0 Å². The van der Waals surface area contributed by atoms with E-state index in [1.54, 1.807) is 0 Å². The highest BCUT2D eigenvalue weighted by Gasteiger charge is 2.29. The molecule has 0 spiro atoms. The van der Waals surface area contributed by atoms with Crippen molar-refractivity contribution in [2.45, 2.75) is 46.1 Å².